The van der Waals surface area contributed by atoms with Gasteiger partial charge in [-0.15, -0.1) is 0 Å². The van der Waals surface area contributed by atoms with E-state index in [-0.39, 0.29) is 8.64 Å². The Morgan fingerprint density at radius 1 is 0.478 bits per heavy atom. The van der Waals surface area contributed by atoms with Gasteiger partial charge in [0.25, 0.3) is 0 Å². The van der Waals surface area contributed by atoms with Crippen LogP contribution in [0.2, 0.25) is 0 Å². The fourth-order valence-corrected chi connectivity index (χ4v) is 5.20. The lowest BCUT2D eigenvalue weighted by atomic mass is 10.1. The molecule has 0 unspecified atom stereocenters. The molecule has 0 aliphatic heterocycles. The molecule has 46 heavy (non-hydrogen) atoms. The number of carbonyl (C=O) groups excluding carboxylic acids is 1. The number of ketones is 1. The summed E-state index contributed by atoms with van der Waals surface area (Å²) in [5, 5.41) is 0. The molecule has 0 atom stereocenters. The largest absolute Gasteiger partial charge is 0.469 e. The Morgan fingerprint density at radius 3 is 1.24 bits per heavy atom. The number of hydrogen-bond acceptors (Lipinski definition) is 4. The van der Waals surface area contributed by atoms with Crippen LogP contribution in [0.3, 0.4) is 0 Å². The molecule has 0 fully saturated rings. The van der Waals surface area contributed by atoms with Gasteiger partial charge in [-0.2, -0.15) is 0 Å². The first kappa shape index (κ1) is 43.5. The summed E-state index contributed by atoms with van der Waals surface area (Å²) in [6.07, 6.45) is 35.9. The van der Waals surface area contributed by atoms with E-state index in [9.17, 15) is 4.79 Å². The minimum Gasteiger partial charge on any atom is -0.469 e. The zero-order chi connectivity index (χ0) is 33.8. The standard InChI is InChI=1S/C16H26O2.C16H28O.C8H12O.C2H6.2H2/c1-2-3-4-5-6-7-8-9-10-12-15(17)16-13-11-14-18-16;1-2-3-4-5-6-7-8-9-10-11-13-16-14-12-15-17-16;1-2-3-5-8-6-4-7-9-8;1-2;;/h11,13-14H,2-10,12H2,1H3;12,14-15H,2-11,13H2,1H3;4,6-7H,2-3,5H2,1H3;1-2H3;2*1H. The SMILES string of the molecule is CC.CCCCCCCCCCCC(=O)c1ccco1.CCCCCCCCCCCCc1ccco1.CCCCc1ccco1.[HH].[HH]. The molecule has 0 aliphatic carbocycles. The summed E-state index contributed by atoms with van der Waals surface area (Å²) in [5.74, 6) is 2.90. The van der Waals surface area contributed by atoms with Gasteiger partial charge in [-0.05, 0) is 55.7 Å². The highest BCUT2D eigenvalue weighted by Crippen LogP contribution is 2.14. The van der Waals surface area contributed by atoms with E-state index in [1.54, 1.807) is 30.9 Å². The summed E-state index contributed by atoms with van der Waals surface area (Å²) in [4.78, 5) is 11.6. The fraction of sp³-hybridized carbons (Fsp3) is 0.690. The van der Waals surface area contributed by atoms with Crippen molar-refractivity contribution in [3.05, 3.63) is 72.5 Å². The maximum absolute atomic E-state index is 11.6. The molecule has 0 amide bonds. The van der Waals surface area contributed by atoms with Crippen molar-refractivity contribution in [2.45, 2.75) is 189 Å². The maximum atomic E-state index is 11.6. The molecule has 0 aliphatic rings. The summed E-state index contributed by atoms with van der Waals surface area (Å²) < 4.78 is 15.5. The van der Waals surface area contributed by atoms with Crippen molar-refractivity contribution in [3.63, 3.8) is 0 Å². The Hall–Kier alpha value is -2.49. The number of carbonyl (C=O) groups is 1. The normalized spacial score (nSPS) is 10.3. The highest BCUT2D eigenvalue weighted by molar-refractivity contribution is 5.93. The molecule has 0 spiro atoms. The Bertz CT molecular complexity index is 937. The molecule has 3 aromatic rings. The first-order valence-electron chi connectivity index (χ1n) is 19.3. The molecule has 0 saturated carbocycles. The van der Waals surface area contributed by atoms with Gasteiger partial charge in [-0.3, -0.25) is 4.79 Å². The molecule has 4 heteroatoms. The smallest absolute Gasteiger partial charge is 0.197 e. The predicted octanol–water partition coefficient (Wildman–Crippen LogP) is 15.3. The Morgan fingerprint density at radius 2 is 0.848 bits per heavy atom. The van der Waals surface area contributed by atoms with E-state index in [1.165, 1.54) is 128 Å². The van der Waals surface area contributed by atoms with E-state index in [0.29, 0.717) is 12.2 Å². The average Bonchev–Trinajstić information content (AvgIpc) is 3.90. The van der Waals surface area contributed by atoms with Crippen LogP contribution < -0.4 is 0 Å². The summed E-state index contributed by atoms with van der Waals surface area (Å²) in [5.41, 5.74) is 0. The average molecular weight is 645 g/mol. The second-order valence-corrected chi connectivity index (χ2v) is 12.2. The second-order valence-electron chi connectivity index (χ2n) is 12.2. The molecule has 0 radical (unpaired) electrons. The third-order valence-electron chi connectivity index (χ3n) is 8.02. The first-order chi connectivity index (χ1) is 22.7. The van der Waals surface area contributed by atoms with E-state index in [2.05, 4.69) is 26.8 Å². The van der Waals surface area contributed by atoms with Crippen LogP contribution in [0.5, 0.6) is 0 Å². The van der Waals surface area contributed by atoms with Crippen LogP contribution in [0.25, 0.3) is 0 Å². The summed E-state index contributed by atoms with van der Waals surface area (Å²) in [6.45, 7) is 10.7. The molecule has 268 valence electrons. The predicted molar refractivity (Wildman–Crippen MR) is 202 cm³/mol. The zero-order valence-corrected chi connectivity index (χ0v) is 30.8. The minimum absolute atomic E-state index is 0. The van der Waals surface area contributed by atoms with Crippen molar-refractivity contribution < 1.29 is 20.9 Å². The highest BCUT2D eigenvalue weighted by atomic mass is 16.3. The molecule has 0 saturated heterocycles. The molecule has 3 heterocycles. The van der Waals surface area contributed by atoms with Gasteiger partial charge in [-0.25, -0.2) is 0 Å². The van der Waals surface area contributed by atoms with E-state index in [4.69, 9.17) is 13.3 Å². The van der Waals surface area contributed by atoms with Crippen LogP contribution in [-0.2, 0) is 12.8 Å². The molecule has 3 aromatic heterocycles. The van der Waals surface area contributed by atoms with Gasteiger partial charge in [0.2, 0.25) is 0 Å². The molecular formula is C42H76O4. The van der Waals surface area contributed by atoms with Gasteiger partial charge in [0.1, 0.15) is 11.5 Å². The molecule has 0 aromatic carbocycles. The monoisotopic (exact) mass is 645 g/mol. The van der Waals surface area contributed by atoms with Crippen LogP contribution in [0.4, 0.5) is 0 Å². The van der Waals surface area contributed by atoms with Gasteiger partial charge in [0.05, 0.1) is 18.8 Å². The second kappa shape index (κ2) is 35.4. The Labute approximate surface area is 287 Å². The molecular weight excluding hydrogens is 568 g/mol. The van der Waals surface area contributed by atoms with Crippen LogP contribution in [0.15, 0.2) is 68.4 Å². The topological polar surface area (TPSA) is 56.5 Å². The maximum Gasteiger partial charge on any atom is 0.197 e. The summed E-state index contributed by atoms with van der Waals surface area (Å²) in [7, 11) is 0. The number of hydrogen-bond donors (Lipinski definition) is 0. The van der Waals surface area contributed by atoms with Gasteiger partial charge in [0, 0.05) is 22.1 Å². The van der Waals surface area contributed by atoms with E-state index >= 15 is 0 Å². The van der Waals surface area contributed by atoms with Crippen molar-refractivity contribution >= 4 is 5.78 Å². The quantitative estimate of drug-likeness (QED) is 0.0680. The van der Waals surface area contributed by atoms with Crippen LogP contribution in [0.1, 0.15) is 201 Å². The number of Topliss-reactive ketones (excluding diaryl/α,β-unsaturated/α-hetero) is 1. The third kappa shape index (κ3) is 27.8. The Kier molecular flexibility index (Phi) is 33.5. The molecule has 0 N–H and O–H groups in total. The van der Waals surface area contributed by atoms with Gasteiger partial charge < -0.3 is 13.3 Å². The van der Waals surface area contributed by atoms with Gasteiger partial charge in [-0.1, -0.05) is 150 Å². The fourth-order valence-electron chi connectivity index (χ4n) is 5.20. The first-order valence-corrected chi connectivity index (χ1v) is 19.3. The van der Waals surface area contributed by atoms with E-state index < -0.39 is 0 Å². The number of furan rings is 3. The minimum atomic E-state index is 0. The van der Waals surface area contributed by atoms with Crippen molar-refractivity contribution in [2.24, 2.45) is 0 Å². The van der Waals surface area contributed by atoms with Gasteiger partial charge >= 0.3 is 0 Å². The Balaban J connectivity index is -0.000000630. The van der Waals surface area contributed by atoms with Crippen LogP contribution in [0, 0.1) is 0 Å². The number of rotatable bonds is 25. The third-order valence-corrected chi connectivity index (χ3v) is 8.02. The van der Waals surface area contributed by atoms with E-state index in [0.717, 1.165) is 30.8 Å². The van der Waals surface area contributed by atoms with E-state index in [1.807, 2.05) is 32.0 Å². The van der Waals surface area contributed by atoms with Crippen LogP contribution in [-0.4, -0.2) is 5.78 Å². The van der Waals surface area contributed by atoms with Crippen LogP contribution >= 0.6 is 0 Å². The van der Waals surface area contributed by atoms with Crippen molar-refractivity contribution in [1.29, 1.82) is 0 Å². The van der Waals surface area contributed by atoms with Crippen molar-refractivity contribution in [2.75, 3.05) is 0 Å². The lowest BCUT2D eigenvalue weighted by molar-refractivity contribution is 0.0952. The van der Waals surface area contributed by atoms with Crippen molar-refractivity contribution in [3.8, 4) is 0 Å². The van der Waals surface area contributed by atoms with Gasteiger partial charge in [0.15, 0.2) is 11.5 Å². The highest BCUT2D eigenvalue weighted by Gasteiger charge is 2.07. The number of unbranched alkanes of at least 4 members (excludes halogenated alkanes) is 18. The molecule has 0 bridgehead atoms. The lowest BCUT2D eigenvalue weighted by Gasteiger charge is -2.01. The molecule has 4 nitrogen and oxygen atoms in total. The zero-order valence-electron chi connectivity index (χ0n) is 30.8. The number of aryl methyl sites for hydroxylation is 2. The summed E-state index contributed by atoms with van der Waals surface area (Å²) >= 11 is 0. The lowest BCUT2D eigenvalue weighted by Crippen LogP contribution is -1.96. The summed E-state index contributed by atoms with van der Waals surface area (Å²) in [6, 6.07) is 11.5. The molecule has 3 rings (SSSR count). The van der Waals surface area contributed by atoms with Crippen molar-refractivity contribution in [1.82, 2.24) is 0 Å².